The summed E-state index contributed by atoms with van der Waals surface area (Å²) in [6.45, 7) is 0. The van der Waals surface area contributed by atoms with E-state index in [9.17, 15) is 9.90 Å². The number of carboxylic acid groups (broad SMARTS) is 1. The lowest BCUT2D eigenvalue weighted by Crippen LogP contribution is -2.38. The van der Waals surface area contributed by atoms with Gasteiger partial charge in [-0.15, -0.1) is 14.8 Å². The second-order valence-corrected chi connectivity index (χ2v) is 5.10. The average Bonchev–Trinajstić information content (AvgIpc) is 2.93. The maximum absolute atomic E-state index is 11.5. The minimum absolute atomic E-state index is 0.146. The van der Waals surface area contributed by atoms with E-state index in [0.29, 0.717) is 11.5 Å². The summed E-state index contributed by atoms with van der Waals surface area (Å²) in [4.78, 5) is 11.5. The van der Waals surface area contributed by atoms with Crippen LogP contribution in [0.3, 0.4) is 0 Å². The van der Waals surface area contributed by atoms with Gasteiger partial charge >= 0.3 is 5.97 Å². The van der Waals surface area contributed by atoms with Crippen molar-refractivity contribution >= 4 is 17.4 Å². The minimum atomic E-state index is -0.837. The third-order valence-corrected chi connectivity index (χ3v) is 3.76. The molecule has 1 atom stereocenters. The summed E-state index contributed by atoms with van der Waals surface area (Å²) in [6.07, 6.45) is 5.26. The SMILES string of the molecule is O=C(O)C(Nc1ccc2nnnn2n1)C1CCCCC1. The fourth-order valence-electron chi connectivity index (χ4n) is 2.73. The van der Waals surface area contributed by atoms with Crippen molar-refractivity contribution in [3.8, 4) is 0 Å². The monoisotopic (exact) mass is 276 g/mol. The highest BCUT2D eigenvalue weighted by molar-refractivity contribution is 5.77. The first kappa shape index (κ1) is 12.8. The van der Waals surface area contributed by atoms with E-state index in [1.165, 1.54) is 11.1 Å². The maximum atomic E-state index is 11.5. The molecule has 1 saturated carbocycles. The molecule has 20 heavy (non-hydrogen) atoms. The number of tetrazole rings is 1. The number of nitrogens with one attached hydrogen (secondary N) is 1. The Morgan fingerprint density at radius 1 is 1.35 bits per heavy atom. The summed E-state index contributed by atoms with van der Waals surface area (Å²) in [5.74, 6) is -0.217. The van der Waals surface area contributed by atoms with Gasteiger partial charge in [-0.3, -0.25) is 0 Å². The normalized spacial score (nSPS) is 18.0. The molecule has 3 rings (SSSR count). The van der Waals surface area contributed by atoms with Crippen LogP contribution in [0.15, 0.2) is 12.1 Å². The summed E-state index contributed by atoms with van der Waals surface area (Å²) in [5.41, 5.74) is 0.528. The summed E-state index contributed by atoms with van der Waals surface area (Å²) >= 11 is 0. The van der Waals surface area contributed by atoms with Crippen molar-refractivity contribution in [2.45, 2.75) is 38.1 Å². The van der Waals surface area contributed by atoms with Gasteiger partial charge < -0.3 is 10.4 Å². The van der Waals surface area contributed by atoms with E-state index in [1.807, 2.05) is 0 Å². The van der Waals surface area contributed by atoms with Crippen LogP contribution in [-0.2, 0) is 4.79 Å². The highest BCUT2D eigenvalue weighted by atomic mass is 16.4. The number of carbonyl (C=O) groups is 1. The summed E-state index contributed by atoms with van der Waals surface area (Å²) in [6, 6.07) is 2.79. The Morgan fingerprint density at radius 2 is 2.15 bits per heavy atom. The number of hydrogen-bond acceptors (Lipinski definition) is 6. The molecule has 0 spiro atoms. The number of anilines is 1. The van der Waals surface area contributed by atoms with Crippen LogP contribution in [-0.4, -0.2) is 42.4 Å². The molecule has 1 aliphatic rings. The molecule has 2 heterocycles. The Morgan fingerprint density at radius 3 is 2.90 bits per heavy atom. The van der Waals surface area contributed by atoms with Crippen LogP contribution in [0.4, 0.5) is 5.82 Å². The van der Waals surface area contributed by atoms with Crippen LogP contribution >= 0.6 is 0 Å². The van der Waals surface area contributed by atoms with Crippen molar-refractivity contribution in [2.75, 3.05) is 5.32 Å². The Labute approximate surface area is 115 Å². The number of nitrogens with zero attached hydrogens (tertiary/aromatic N) is 5. The fraction of sp³-hybridized carbons (Fsp3) is 0.583. The number of aliphatic carboxylic acids is 1. The van der Waals surface area contributed by atoms with Crippen molar-refractivity contribution < 1.29 is 9.90 Å². The first-order chi connectivity index (χ1) is 9.74. The van der Waals surface area contributed by atoms with Crippen molar-refractivity contribution in [3.63, 3.8) is 0 Å². The quantitative estimate of drug-likeness (QED) is 0.856. The number of rotatable bonds is 4. The molecule has 0 saturated heterocycles. The molecular formula is C12H16N6O2. The van der Waals surface area contributed by atoms with Gasteiger partial charge in [0, 0.05) is 0 Å². The van der Waals surface area contributed by atoms with Gasteiger partial charge in [-0.25, -0.2) is 4.79 Å². The molecule has 0 radical (unpaired) electrons. The molecule has 1 aliphatic carbocycles. The van der Waals surface area contributed by atoms with Gasteiger partial charge in [-0.1, -0.05) is 19.3 Å². The summed E-state index contributed by atoms with van der Waals surface area (Å²) in [7, 11) is 0. The Kier molecular flexibility index (Phi) is 3.44. The van der Waals surface area contributed by atoms with Crippen LogP contribution in [0.1, 0.15) is 32.1 Å². The second-order valence-electron chi connectivity index (χ2n) is 5.10. The molecule has 8 nitrogen and oxygen atoms in total. The van der Waals surface area contributed by atoms with Crippen LogP contribution in [0, 0.1) is 5.92 Å². The Bertz CT molecular complexity index is 607. The minimum Gasteiger partial charge on any atom is -0.480 e. The molecule has 2 aromatic heterocycles. The van der Waals surface area contributed by atoms with Gasteiger partial charge in [0.1, 0.15) is 11.9 Å². The molecule has 106 valence electrons. The lowest BCUT2D eigenvalue weighted by Gasteiger charge is -2.28. The van der Waals surface area contributed by atoms with E-state index in [2.05, 4.69) is 25.9 Å². The molecule has 2 N–H and O–H groups in total. The van der Waals surface area contributed by atoms with Crippen molar-refractivity contribution in [3.05, 3.63) is 12.1 Å². The van der Waals surface area contributed by atoms with Gasteiger partial charge in [0.15, 0.2) is 5.65 Å². The van der Waals surface area contributed by atoms with E-state index in [1.54, 1.807) is 12.1 Å². The first-order valence-corrected chi connectivity index (χ1v) is 6.79. The van der Waals surface area contributed by atoms with Crippen molar-refractivity contribution in [1.82, 2.24) is 25.3 Å². The molecule has 0 amide bonds. The molecule has 1 unspecified atom stereocenters. The predicted octanol–water partition coefficient (Wildman–Crippen LogP) is 0.965. The summed E-state index contributed by atoms with van der Waals surface area (Å²) < 4.78 is 1.28. The molecule has 0 bridgehead atoms. The number of aromatic nitrogens is 5. The molecule has 0 aromatic carbocycles. The van der Waals surface area contributed by atoms with Crippen LogP contribution in [0.25, 0.3) is 5.65 Å². The molecule has 2 aromatic rings. The van der Waals surface area contributed by atoms with Crippen molar-refractivity contribution in [1.29, 1.82) is 0 Å². The van der Waals surface area contributed by atoms with E-state index in [-0.39, 0.29) is 5.92 Å². The third kappa shape index (κ3) is 2.54. The largest absolute Gasteiger partial charge is 0.480 e. The Balaban J connectivity index is 1.79. The van der Waals surface area contributed by atoms with Crippen molar-refractivity contribution in [2.24, 2.45) is 5.92 Å². The first-order valence-electron chi connectivity index (χ1n) is 6.79. The number of fused-ring (bicyclic) bond motifs is 1. The second kappa shape index (κ2) is 5.40. The molecule has 1 fully saturated rings. The standard InChI is InChI=1S/C12H16N6O2/c19-12(20)11(8-4-2-1-3-5-8)13-9-6-7-10-14-16-17-18(10)15-9/h6-8,11H,1-5H2,(H,13,15)(H,19,20). The van der Waals surface area contributed by atoms with Gasteiger partial charge in [-0.05, 0) is 41.3 Å². The zero-order valence-corrected chi connectivity index (χ0v) is 10.9. The number of hydrogen-bond donors (Lipinski definition) is 2. The maximum Gasteiger partial charge on any atom is 0.326 e. The molecular weight excluding hydrogens is 260 g/mol. The topological polar surface area (TPSA) is 105 Å². The zero-order chi connectivity index (χ0) is 13.9. The van der Waals surface area contributed by atoms with Gasteiger partial charge in [0.2, 0.25) is 0 Å². The lowest BCUT2D eigenvalue weighted by molar-refractivity contribution is -0.139. The number of carboxylic acids is 1. The van der Waals surface area contributed by atoms with Crippen LogP contribution in [0.5, 0.6) is 0 Å². The highest BCUT2D eigenvalue weighted by Crippen LogP contribution is 2.28. The fourth-order valence-corrected chi connectivity index (χ4v) is 2.73. The lowest BCUT2D eigenvalue weighted by atomic mass is 9.84. The van der Waals surface area contributed by atoms with Crippen LogP contribution in [0.2, 0.25) is 0 Å². The zero-order valence-electron chi connectivity index (χ0n) is 10.9. The average molecular weight is 276 g/mol. The van der Waals surface area contributed by atoms with E-state index in [4.69, 9.17) is 0 Å². The predicted molar refractivity (Wildman–Crippen MR) is 70.2 cm³/mol. The Hall–Kier alpha value is -2.25. The van der Waals surface area contributed by atoms with Gasteiger partial charge in [0.05, 0.1) is 0 Å². The summed E-state index contributed by atoms with van der Waals surface area (Å²) in [5, 5.41) is 27.5. The smallest absolute Gasteiger partial charge is 0.326 e. The van der Waals surface area contributed by atoms with E-state index < -0.39 is 12.0 Å². The molecule has 8 heteroatoms. The molecule has 0 aliphatic heterocycles. The van der Waals surface area contributed by atoms with Gasteiger partial charge in [0.25, 0.3) is 0 Å². The highest BCUT2D eigenvalue weighted by Gasteiger charge is 2.29. The van der Waals surface area contributed by atoms with E-state index >= 15 is 0 Å². The third-order valence-electron chi connectivity index (χ3n) is 3.76. The van der Waals surface area contributed by atoms with E-state index in [0.717, 1.165) is 25.7 Å². The van der Waals surface area contributed by atoms with Gasteiger partial charge in [-0.2, -0.15) is 0 Å². The van der Waals surface area contributed by atoms with Crippen LogP contribution < -0.4 is 5.32 Å².